The lowest BCUT2D eigenvalue weighted by atomic mass is 9.95. The van der Waals surface area contributed by atoms with Gasteiger partial charge in [-0.05, 0) is 110 Å². The van der Waals surface area contributed by atoms with Gasteiger partial charge in [-0.3, -0.25) is 9.59 Å². The van der Waals surface area contributed by atoms with Gasteiger partial charge in [0.15, 0.2) is 0 Å². The second kappa shape index (κ2) is 25.8. The fraction of sp³-hybridized carbons (Fsp3) is 0.467. The number of esters is 2. The van der Waals surface area contributed by atoms with E-state index in [0.29, 0.717) is 0 Å². The Morgan fingerprint density at radius 2 is 0.771 bits per heavy atom. The van der Waals surface area contributed by atoms with E-state index in [9.17, 15) is 9.59 Å². The minimum absolute atomic E-state index is 0.00550. The van der Waals surface area contributed by atoms with Gasteiger partial charge in [0, 0.05) is 59.2 Å². The van der Waals surface area contributed by atoms with E-state index in [-0.39, 0.29) is 36.0 Å². The Morgan fingerprint density at radius 3 is 1.17 bits per heavy atom. The second-order valence-electron chi connectivity index (χ2n) is 19.1. The first-order valence-electron chi connectivity index (χ1n) is 26.5. The SMILES string of the molecule is CCCCCCC(CCCC)C(=O)OC(CC)c1ccc(-c2ccc(-c3ccc4c(c3)sc3c5ccc(-c6ccc(-c7ccc(C(CC)OC(=O)C(CCCC)CCCCCC)s7)s6)cc5sc43)s2)s1. The molecule has 4 unspecified atom stereocenters. The lowest BCUT2D eigenvalue weighted by molar-refractivity contribution is -0.156. The first kappa shape index (κ1) is 52.7. The summed E-state index contributed by atoms with van der Waals surface area (Å²) in [6.07, 6.45) is 18.7. The maximum atomic E-state index is 13.5. The molecular weight excluding hydrogens is 977 g/mol. The molecule has 0 fully saturated rings. The molecule has 8 rings (SSSR count). The van der Waals surface area contributed by atoms with E-state index in [0.717, 1.165) is 86.8 Å². The summed E-state index contributed by atoms with van der Waals surface area (Å²) in [4.78, 5) is 36.7. The Morgan fingerprint density at radius 1 is 0.400 bits per heavy atom. The predicted octanol–water partition coefficient (Wildman–Crippen LogP) is 21.7. The minimum Gasteiger partial charge on any atom is -0.456 e. The summed E-state index contributed by atoms with van der Waals surface area (Å²) in [7, 11) is 0. The van der Waals surface area contributed by atoms with Crippen molar-refractivity contribution in [2.45, 2.75) is 169 Å². The van der Waals surface area contributed by atoms with Crippen molar-refractivity contribution in [1.82, 2.24) is 0 Å². The van der Waals surface area contributed by atoms with Crippen LogP contribution >= 0.6 is 68.0 Å². The number of unbranched alkanes of at least 4 members (excludes halogenated alkanes) is 8. The summed E-state index contributed by atoms with van der Waals surface area (Å²) in [5, 5.41) is 2.66. The highest BCUT2D eigenvalue weighted by molar-refractivity contribution is 7.36. The number of hydrogen-bond acceptors (Lipinski definition) is 10. The lowest BCUT2D eigenvalue weighted by Crippen LogP contribution is -2.20. The molecule has 70 heavy (non-hydrogen) atoms. The third kappa shape index (κ3) is 12.7. The number of fused-ring (bicyclic) bond motifs is 5. The molecule has 0 aliphatic carbocycles. The zero-order valence-corrected chi connectivity index (χ0v) is 47.1. The lowest BCUT2D eigenvalue weighted by Gasteiger charge is -2.20. The van der Waals surface area contributed by atoms with Gasteiger partial charge in [-0.15, -0.1) is 68.0 Å². The van der Waals surface area contributed by atoms with Crippen molar-refractivity contribution >= 4 is 110 Å². The number of hydrogen-bond donors (Lipinski definition) is 0. The maximum absolute atomic E-state index is 13.5. The van der Waals surface area contributed by atoms with Gasteiger partial charge in [0.2, 0.25) is 0 Å². The number of carbonyl (C=O) groups is 2. The summed E-state index contributed by atoms with van der Waals surface area (Å²) >= 11 is 11.0. The van der Waals surface area contributed by atoms with E-state index >= 15 is 0 Å². The highest BCUT2D eigenvalue weighted by Crippen LogP contribution is 2.48. The van der Waals surface area contributed by atoms with Crippen molar-refractivity contribution in [2.24, 2.45) is 11.8 Å². The van der Waals surface area contributed by atoms with Crippen LogP contribution in [-0.2, 0) is 19.1 Å². The van der Waals surface area contributed by atoms with Crippen LogP contribution in [0.15, 0.2) is 84.9 Å². The number of ether oxygens (including phenoxy) is 2. The molecule has 0 aliphatic heterocycles. The standard InChI is InChI=1S/C60H72O4S6/c1-7-13-17-19-23-39(21-15-9-3)59(61)63-45(11-5)49-31-35-53(67-49)51-33-29-47(65-51)41-25-27-43-55(37-41)69-58-44-28-26-42(38-56(44)70-57(43)58)48-30-34-52(66-48)54-36-32-50(68-54)46(12-6)64-60(62)40(22-16-10-4)24-20-18-14-8-2/h25-40,45-46H,7-24H2,1-6H3. The van der Waals surface area contributed by atoms with Crippen LogP contribution in [-0.4, -0.2) is 11.9 Å². The molecule has 0 N–H and O–H groups in total. The molecule has 0 amide bonds. The molecule has 0 radical (unpaired) electrons. The molecule has 4 atom stereocenters. The van der Waals surface area contributed by atoms with Crippen LogP contribution in [0.5, 0.6) is 0 Å². The Kier molecular flexibility index (Phi) is 19.4. The van der Waals surface area contributed by atoms with Crippen LogP contribution in [0.1, 0.15) is 179 Å². The zero-order chi connectivity index (χ0) is 49.0. The molecule has 8 aromatic rings. The van der Waals surface area contributed by atoms with Crippen molar-refractivity contribution in [3.05, 3.63) is 94.7 Å². The molecule has 2 aromatic carbocycles. The van der Waals surface area contributed by atoms with E-state index in [1.165, 1.54) is 108 Å². The number of thiophene rings is 6. The van der Waals surface area contributed by atoms with E-state index in [2.05, 4.69) is 126 Å². The third-order valence-corrected chi connectivity index (χ3v) is 21.3. The Bertz CT molecular complexity index is 2720. The average molecular weight is 1050 g/mol. The van der Waals surface area contributed by atoms with Crippen LogP contribution in [0.3, 0.4) is 0 Å². The van der Waals surface area contributed by atoms with Crippen molar-refractivity contribution in [3.63, 3.8) is 0 Å². The Balaban J connectivity index is 0.923. The highest BCUT2D eigenvalue weighted by atomic mass is 32.1. The van der Waals surface area contributed by atoms with E-state index < -0.39 is 0 Å². The van der Waals surface area contributed by atoms with Gasteiger partial charge < -0.3 is 9.47 Å². The molecular formula is C60H72O4S6. The first-order chi connectivity index (χ1) is 34.2. The number of benzene rings is 2. The van der Waals surface area contributed by atoms with Gasteiger partial charge in [-0.1, -0.05) is 143 Å². The van der Waals surface area contributed by atoms with E-state index in [4.69, 9.17) is 9.47 Å². The largest absolute Gasteiger partial charge is 0.456 e. The summed E-state index contributed by atoms with van der Waals surface area (Å²) in [5.74, 6) is -0.00621. The molecule has 4 nitrogen and oxygen atoms in total. The second-order valence-corrected chi connectivity index (χ2v) is 25.6. The van der Waals surface area contributed by atoms with Gasteiger partial charge in [0.05, 0.1) is 21.2 Å². The number of carbonyl (C=O) groups excluding carboxylic acids is 2. The normalized spacial score (nSPS) is 13.6. The van der Waals surface area contributed by atoms with E-state index in [1.807, 2.05) is 45.3 Å². The molecule has 0 saturated heterocycles. The molecule has 6 heterocycles. The van der Waals surface area contributed by atoms with Crippen LogP contribution in [0.2, 0.25) is 0 Å². The first-order valence-corrected chi connectivity index (χ1v) is 31.4. The van der Waals surface area contributed by atoms with Crippen molar-refractivity contribution in [3.8, 4) is 40.4 Å². The molecule has 0 aliphatic rings. The Hall–Kier alpha value is -3.64. The van der Waals surface area contributed by atoms with Gasteiger partial charge >= 0.3 is 11.9 Å². The summed E-state index contributed by atoms with van der Waals surface area (Å²) < 4.78 is 17.9. The molecule has 372 valence electrons. The van der Waals surface area contributed by atoms with Gasteiger partial charge in [-0.2, -0.15) is 0 Å². The predicted molar refractivity (Wildman–Crippen MR) is 310 cm³/mol. The molecule has 0 spiro atoms. The highest BCUT2D eigenvalue weighted by Gasteiger charge is 2.26. The Labute approximate surface area is 441 Å². The average Bonchev–Trinajstić information content (AvgIpc) is 4.25. The van der Waals surface area contributed by atoms with Crippen LogP contribution in [0.25, 0.3) is 70.0 Å². The van der Waals surface area contributed by atoms with Gasteiger partial charge in [0.25, 0.3) is 0 Å². The fourth-order valence-corrected chi connectivity index (χ4v) is 16.7. The minimum atomic E-state index is -0.199. The quantitative estimate of drug-likeness (QED) is 0.0362. The molecule has 10 heteroatoms. The summed E-state index contributed by atoms with van der Waals surface area (Å²) in [6, 6.07) is 31.7. The zero-order valence-electron chi connectivity index (χ0n) is 42.2. The summed E-state index contributed by atoms with van der Waals surface area (Å²) in [5.41, 5.74) is 2.50. The van der Waals surface area contributed by atoms with Crippen molar-refractivity contribution in [1.29, 1.82) is 0 Å². The van der Waals surface area contributed by atoms with Gasteiger partial charge in [0.1, 0.15) is 12.2 Å². The topological polar surface area (TPSA) is 52.6 Å². The van der Waals surface area contributed by atoms with Crippen molar-refractivity contribution in [2.75, 3.05) is 0 Å². The fourth-order valence-electron chi connectivity index (χ4n) is 9.58. The number of rotatable bonds is 28. The van der Waals surface area contributed by atoms with Crippen molar-refractivity contribution < 1.29 is 19.1 Å². The van der Waals surface area contributed by atoms with Crippen LogP contribution < -0.4 is 0 Å². The smallest absolute Gasteiger partial charge is 0.309 e. The molecule has 0 bridgehead atoms. The van der Waals surface area contributed by atoms with Crippen LogP contribution in [0, 0.1) is 11.8 Å². The van der Waals surface area contributed by atoms with Crippen LogP contribution in [0.4, 0.5) is 0 Å². The maximum Gasteiger partial charge on any atom is 0.309 e. The summed E-state index contributed by atoms with van der Waals surface area (Å²) in [6.45, 7) is 13.1. The monoisotopic (exact) mass is 1050 g/mol. The third-order valence-electron chi connectivity index (χ3n) is 13.8. The molecule has 6 aromatic heterocycles. The van der Waals surface area contributed by atoms with E-state index in [1.54, 1.807) is 22.7 Å². The van der Waals surface area contributed by atoms with Gasteiger partial charge in [-0.25, -0.2) is 0 Å². The molecule has 0 saturated carbocycles.